The van der Waals surface area contributed by atoms with E-state index in [2.05, 4.69) is 4.90 Å². The molecule has 0 unspecified atom stereocenters. The maximum absolute atomic E-state index is 12.7. The molecule has 2 fully saturated rings. The summed E-state index contributed by atoms with van der Waals surface area (Å²) in [6, 6.07) is 4.48. The minimum Gasteiger partial charge on any atom is -0.342 e. The zero-order valence-electron chi connectivity index (χ0n) is 15.2. The third-order valence-electron chi connectivity index (χ3n) is 5.51. The smallest absolute Gasteiger partial charge is 0.270 e. The van der Waals surface area contributed by atoms with Gasteiger partial charge in [-0.1, -0.05) is 0 Å². The van der Waals surface area contributed by atoms with Crippen LogP contribution in [0.15, 0.2) is 12.1 Å². The maximum atomic E-state index is 12.7. The molecule has 1 aromatic heterocycles. The fraction of sp³-hybridized carbons (Fsp3) is 0.667. The van der Waals surface area contributed by atoms with Crippen molar-refractivity contribution in [3.63, 3.8) is 0 Å². The average Bonchev–Trinajstić information content (AvgIpc) is 2.86. The Bertz CT molecular complexity index is 631. The Kier molecular flexibility index (Phi) is 4.67. The first-order valence-electron chi connectivity index (χ1n) is 8.78. The molecule has 0 aliphatic carbocycles. The summed E-state index contributed by atoms with van der Waals surface area (Å²) in [4.78, 5) is 30.7. The topological polar surface area (TPSA) is 48.8 Å². The van der Waals surface area contributed by atoms with Crippen LogP contribution in [0.5, 0.6) is 0 Å². The Balaban J connectivity index is 1.76. The number of likely N-dealkylation sites (N-methyl/N-ethyl adjacent to an activating group) is 1. The zero-order valence-corrected chi connectivity index (χ0v) is 15.2. The minimum atomic E-state index is 0.0898. The van der Waals surface area contributed by atoms with Gasteiger partial charge >= 0.3 is 0 Å². The molecule has 3 heterocycles. The lowest BCUT2D eigenvalue weighted by molar-refractivity contribution is -0.132. The molecule has 0 radical (unpaired) electrons. The number of nitrogens with zero attached hydrogens (tertiary/aromatic N) is 4. The van der Waals surface area contributed by atoms with Crippen molar-refractivity contribution in [1.82, 2.24) is 19.3 Å². The molecule has 0 spiro atoms. The van der Waals surface area contributed by atoms with Crippen LogP contribution in [-0.2, 0) is 11.8 Å². The molecule has 2 aliphatic heterocycles. The molecule has 24 heavy (non-hydrogen) atoms. The largest absolute Gasteiger partial charge is 0.342 e. The number of piperidine rings is 1. The third-order valence-corrected chi connectivity index (χ3v) is 5.51. The van der Waals surface area contributed by atoms with Crippen molar-refractivity contribution in [3.05, 3.63) is 23.5 Å². The van der Waals surface area contributed by atoms with Crippen LogP contribution in [0.2, 0.25) is 0 Å². The van der Waals surface area contributed by atoms with Crippen molar-refractivity contribution in [1.29, 1.82) is 0 Å². The van der Waals surface area contributed by atoms with Gasteiger partial charge in [0.15, 0.2) is 0 Å². The fourth-order valence-electron chi connectivity index (χ4n) is 3.80. The summed E-state index contributed by atoms with van der Waals surface area (Å²) < 4.78 is 1.98. The number of rotatable bonds is 3. The lowest BCUT2D eigenvalue weighted by Crippen LogP contribution is -2.59. The number of hydrogen-bond donors (Lipinski definition) is 0. The molecule has 0 bridgehead atoms. The first kappa shape index (κ1) is 17.0. The lowest BCUT2D eigenvalue weighted by Gasteiger charge is -2.42. The molecule has 0 aromatic carbocycles. The Hall–Kier alpha value is -1.82. The summed E-state index contributed by atoms with van der Waals surface area (Å²) >= 11 is 0. The molecule has 1 atom stereocenters. The van der Waals surface area contributed by atoms with E-state index in [0.717, 1.165) is 50.3 Å². The van der Waals surface area contributed by atoms with Crippen LogP contribution in [0.25, 0.3) is 0 Å². The zero-order chi connectivity index (χ0) is 17.4. The van der Waals surface area contributed by atoms with E-state index in [-0.39, 0.29) is 17.9 Å². The second kappa shape index (κ2) is 6.59. The lowest BCUT2D eigenvalue weighted by atomic mass is 9.99. The van der Waals surface area contributed by atoms with Crippen molar-refractivity contribution < 1.29 is 9.59 Å². The number of carbonyl (C=O) groups excluding carboxylic acids is 2. The molecular formula is C18H28N4O2. The van der Waals surface area contributed by atoms with Gasteiger partial charge in [-0.25, -0.2) is 0 Å². The van der Waals surface area contributed by atoms with E-state index in [1.165, 1.54) is 0 Å². The minimum absolute atomic E-state index is 0.0898. The van der Waals surface area contributed by atoms with Crippen LogP contribution >= 0.6 is 0 Å². The van der Waals surface area contributed by atoms with Crippen molar-refractivity contribution in [2.75, 3.05) is 33.7 Å². The first-order chi connectivity index (χ1) is 11.4. The summed E-state index contributed by atoms with van der Waals surface area (Å²) in [5, 5.41) is 0. The summed E-state index contributed by atoms with van der Waals surface area (Å²) in [6.07, 6.45) is 3.16. The predicted molar refractivity (Wildman–Crippen MR) is 92.8 cm³/mol. The fourth-order valence-corrected chi connectivity index (χ4v) is 3.80. The van der Waals surface area contributed by atoms with Crippen LogP contribution in [0.4, 0.5) is 0 Å². The highest BCUT2D eigenvalue weighted by atomic mass is 16.2. The Labute approximate surface area is 144 Å². The molecule has 0 N–H and O–H groups in total. The SMILES string of the molecule is CC(=O)N1CCCC[C@@H]1c1ccc(C(=O)N2CC(N(C)C)C2)n1C. The van der Waals surface area contributed by atoms with Gasteiger partial charge in [-0.05, 0) is 45.5 Å². The van der Waals surface area contributed by atoms with Gasteiger partial charge in [0, 0.05) is 45.3 Å². The van der Waals surface area contributed by atoms with Crippen LogP contribution in [0.3, 0.4) is 0 Å². The summed E-state index contributed by atoms with van der Waals surface area (Å²) in [5.41, 5.74) is 1.79. The number of carbonyl (C=O) groups is 2. The third kappa shape index (κ3) is 2.95. The van der Waals surface area contributed by atoms with E-state index in [0.29, 0.717) is 6.04 Å². The number of aromatic nitrogens is 1. The number of likely N-dealkylation sites (tertiary alicyclic amines) is 2. The van der Waals surface area contributed by atoms with Gasteiger partial charge < -0.3 is 19.3 Å². The highest BCUT2D eigenvalue weighted by Crippen LogP contribution is 2.32. The van der Waals surface area contributed by atoms with E-state index in [4.69, 9.17) is 0 Å². The molecule has 1 aromatic rings. The highest BCUT2D eigenvalue weighted by molar-refractivity contribution is 5.93. The van der Waals surface area contributed by atoms with Crippen LogP contribution in [0, 0.1) is 0 Å². The molecule has 2 aliphatic rings. The average molecular weight is 332 g/mol. The van der Waals surface area contributed by atoms with Crippen LogP contribution in [-0.4, -0.2) is 70.9 Å². The van der Waals surface area contributed by atoms with E-state index in [1.807, 2.05) is 47.6 Å². The molecule has 132 valence electrons. The monoisotopic (exact) mass is 332 g/mol. The number of hydrogen-bond acceptors (Lipinski definition) is 3. The van der Waals surface area contributed by atoms with Gasteiger partial charge in [0.2, 0.25) is 5.91 Å². The Morgan fingerprint density at radius 1 is 1.17 bits per heavy atom. The predicted octanol–water partition coefficient (Wildman–Crippen LogP) is 1.48. The molecule has 3 rings (SSSR count). The van der Waals surface area contributed by atoms with Crippen molar-refractivity contribution in [2.24, 2.45) is 7.05 Å². The van der Waals surface area contributed by atoms with Crippen LogP contribution < -0.4 is 0 Å². The van der Waals surface area contributed by atoms with E-state index in [1.54, 1.807) is 6.92 Å². The summed E-state index contributed by atoms with van der Waals surface area (Å²) in [5.74, 6) is 0.206. The number of amides is 2. The standard InChI is InChI=1S/C18H28N4O2/c1-13(23)22-10-6-5-7-16(22)15-8-9-17(20(15)4)18(24)21-11-14(12-21)19(2)3/h8-9,14,16H,5-7,10-12H2,1-4H3/t16-/m1/s1. The normalized spacial score (nSPS) is 22.0. The van der Waals surface area contributed by atoms with E-state index >= 15 is 0 Å². The summed E-state index contributed by atoms with van der Waals surface area (Å²) in [6.45, 7) is 4.02. The van der Waals surface area contributed by atoms with Gasteiger partial charge in [-0.15, -0.1) is 0 Å². The second-order valence-corrected chi connectivity index (χ2v) is 7.25. The van der Waals surface area contributed by atoms with Crippen molar-refractivity contribution >= 4 is 11.8 Å². The quantitative estimate of drug-likeness (QED) is 0.842. The second-order valence-electron chi connectivity index (χ2n) is 7.25. The van der Waals surface area contributed by atoms with Gasteiger partial charge in [0.1, 0.15) is 5.69 Å². The molecular weight excluding hydrogens is 304 g/mol. The van der Waals surface area contributed by atoms with Gasteiger partial charge in [-0.3, -0.25) is 9.59 Å². The Morgan fingerprint density at radius 2 is 1.88 bits per heavy atom. The van der Waals surface area contributed by atoms with Crippen molar-refractivity contribution in [3.8, 4) is 0 Å². The van der Waals surface area contributed by atoms with E-state index in [9.17, 15) is 9.59 Å². The molecule has 6 heteroatoms. The molecule has 2 amide bonds. The maximum Gasteiger partial charge on any atom is 0.270 e. The van der Waals surface area contributed by atoms with Gasteiger partial charge in [0.25, 0.3) is 5.91 Å². The van der Waals surface area contributed by atoms with Crippen LogP contribution in [0.1, 0.15) is 48.4 Å². The molecule has 2 saturated heterocycles. The van der Waals surface area contributed by atoms with Crippen molar-refractivity contribution in [2.45, 2.75) is 38.3 Å². The molecule has 0 saturated carbocycles. The van der Waals surface area contributed by atoms with Gasteiger partial charge in [0.05, 0.1) is 6.04 Å². The summed E-state index contributed by atoms with van der Waals surface area (Å²) in [7, 11) is 6.04. The Morgan fingerprint density at radius 3 is 2.50 bits per heavy atom. The van der Waals surface area contributed by atoms with Gasteiger partial charge in [-0.2, -0.15) is 0 Å². The van der Waals surface area contributed by atoms with E-state index < -0.39 is 0 Å². The first-order valence-corrected chi connectivity index (χ1v) is 8.78. The highest BCUT2D eigenvalue weighted by Gasteiger charge is 2.35. The molecule has 6 nitrogen and oxygen atoms in total.